The monoisotopic (exact) mass is 361 g/mol. The fourth-order valence-corrected chi connectivity index (χ4v) is 1.85. The molecule has 0 saturated carbocycles. The number of esters is 1. The molecule has 0 spiro atoms. The van der Waals surface area contributed by atoms with Crippen LogP contribution >= 0.6 is 0 Å². The van der Waals surface area contributed by atoms with Crippen LogP contribution in [0.15, 0.2) is 12.2 Å². The first-order chi connectivity index (χ1) is 9.58. The van der Waals surface area contributed by atoms with E-state index in [0.717, 1.165) is 4.72 Å². The van der Waals surface area contributed by atoms with E-state index in [4.69, 9.17) is 0 Å². The molecule has 0 heterocycles. The Kier molecular flexibility index (Phi) is 6.00. The minimum atomic E-state index is -6.81. The zero-order chi connectivity index (χ0) is 18.0. The van der Waals surface area contributed by atoms with Crippen LogP contribution in [0.4, 0.5) is 30.7 Å². The lowest BCUT2D eigenvalue weighted by atomic mass is 10.3. The molecule has 0 unspecified atom stereocenters. The average molecular weight is 361 g/mol. The third-order valence-electron chi connectivity index (χ3n) is 2.03. The van der Waals surface area contributed by atoms with E-state index in [2.05, 4.69) is 11.3 Å². The Bertz CT molecular complexity index is 541. The van der Waals surface area contributed by atoms with Gasteiger partial charge in [0.25, 0.3) is 10.0 Å². The second kappa shape index (κ2) is 6.40. The lowest BCUT2D eigenvalue weighted by Crippen LogP contribution is -2.59. The minimum absolute atomic E-state index is 0.128. The number of halogens is 7. The molecule has 0 aliphatic heterocycles. The van der Waals surface area contributed by atoms with Crippen molar-refractivity contribution in [2.24, 2.45) is 0 Å². The van der Waals surface area contributed by atoms with Gasteiger partial charge in [-0.25, -0.2) is 17.9 Å². The van der Waals surface area contributed by atoms with Crippen molar-refractivity contribution in [3.8, 4) is 0 Å². The van der Waals surface area contributed by atoms with Crippen molar-refractivity contribution < 1.29 is 48.7 Å². The molecule has 13 heteroatoms. The molecule has 22 heavy (non-hydrogen) atoms. The van der Waals surface area contributed by atoms with Crippen LogP contribution in [0.5, 0.6) is 0 Å². The molecular weight excluding hydrogens is 351 g/mol. The van der Waals surface area contributed by atoms with E-state index in [1.54, 1.807) is 0 Å². The molecule has 0 atom stereocenters. The zero-order valence-electron chi connectivity index (χ0n) is 10.8. The number of sulfonamides is 1. The van der Waals surface area contributed by atoms with Gasteiger partial charge in [-0.05, 0) is 6.92 Å². The Balaban J connectivity index is 4.95. The van der Waals surface area contributed by atoms with Crippen LogP contribution in [-0.4, -0.2) is 44.9 Å². The highest BCUT2D eigenvalue weighted by Gasteiger charge is 2.78. The summed E-state index contributed by atoms with van der Waals surface area (Å²) in [5.41, 5.74) is -0.128. The molecule has 5 nitrogen and oxygen atoms in total. The first-order valence-corrected chi connectivity index (χ1v) is 6.70. The number of nitrogens with one attached hydrogen (secondary N) is 1. The van der Waals surface area contributed by atoms with E-state index in [0.29, 0.717) is 0 Å². The van der Waals surface area contributed by atoms with E-state index in [1.165, 1.54) is 6.92 Å². The number of hydrogen-bond donors (Lipinski definition) is 1. The van der Waals surface area contributed by atoms with Crippen molar-refractivity contribution >= 4 is 16.0 Å². The lowest BCUT2D eigenvalue weighted by molar-refractivity contribution is -0.332. The molecule has 0 radical (unpaired) electrons. The number of hydrogen-bond acceptors (Lipinski definition) is 4. The molecule has 0 aromatic carbocycles. The highest BCUT2D eigenvalue weighted by atomic mass is 32.2. The van der Waals surface area contributed by atoms with Crippen molar-refractivity contribution in [2.75, 3.05) is 13.2 Å². The summed E-state index contributed by atoms with van der Waals surface area (Å²) in [6, 6.07) is 0. The normalized spacial score (nSPS) is 13.8. The van der Waals surface area contributed by atoms with Gasteiger partial charge in [0.05, 0.1) is 0 Å². The van der Waals surface area contributed by atoms with Crippen molar-refractivity contribution in [3.05, 3.63) is 12.2 Å². The Hall–Kier alpha value is -1.37. The van der Waals surface area contributed by atoms with Crippen LogP contribution in [0, 0.1) is 0 Å². The van der Waals surface area contributed by atoms with Crippen LogP contribution in [0.25, 0.3) is 0 Å². The quantitative estimate of drug-likeness (QED) is 0.325. The average Bonchev–Trinajstić information content (AvgIpc) is 2.32. The highest BCUT2D eigenvalue weighted by molar-refractivity contribution is 7.90. The fourth-order valence-electron chi connectivity index (χ4n) is 0.867. The molecule has 0 rings (SSSR count). The third-order valence-corrected chi connectivity index (χ3v) is 3.55. The summed E-state index contributed by atoms with van der Waals surface area (Å²) >= 11 is 0. The maximum Gasteiger partial charge on any atom is 0.461 e. The Morgan fingerprint density at radius 3 is 1.95 bits per heavy atom. The Morgan fingerprint density at radius 2 is 1.59 bits per heavy atom. The van der Waals surface area contributed by atoms with E-state index in [1.807, 2.05) is 0 Å². The molecule has 0 saturated heterocycles. The van der Waals surface area contributed by atoms with Gasteiger partial charge in [-0.3, -0.25) is 0 Å². The topological polar surface area (TPSA) is 72.5 Å². The molecule has 0 aromatic rings. The maximum absolute atomic E-state index is 12.9. The van der Waals surface area contributed by atoms with Crippen LogP contribution in [0.2, 0.25) is 0 Å². The molecule has 0 amide bonds. The van der Waals surface area contributed by atoms with E-state index in [-0.39, 0.29) is 5.57 Å². The third kappa shape index (κ3) is 4.09. The number of rotatable bonds is 7. The number of carbonyl (C=O) groups is 1. The standard InChI is InChI=1S/C9H10F7NO4S/c1-5(2)6(18)21-4-3-17-22(19,20)9(15,16)7(10,11)8(12,13)14/h17H,1,3-4H2,2H3. The first kappa shape index (κ1) is 20.6. The Morgan fingerprint density at radius 1 is 1.14 bits per heavy atom. The van der Waals surface area contributed by atoms with Gasteiger partial charge in [0.15, 0.2) is 0 Å². The van der Waals surface area contributed by atoms with Crippen LogP contribution in [-0.2, 0) is 19.6 Å². The van der Waals surface area contributed by atoms with Crippen molar-refractivity contribution in [3.63, 3.8) is 0 Å². The molecule has 1 N–H and O–H groups in total. The second-order valence-corrected chi connectivity index (χ2v) is 5.71. The van der Waals surface area contributed by atoms with Gasteiger partial charge in [-0.1, -0.05) is 6.58 Å². The molecule has 0 aliphatic carbocycles. The van der Waals surface area contributed by atoms with Gasteiger partial charge in [0, 0.05) is 12.1 Å². The summed E-state index contributed by atoms with van der Waals surface area (Å²) in [6.07, 6.45) is -6.78. The van der Waals surface area contributed by atoms with Gasteiger partial charge >= 0.3 is 23.3 Å². The lowest BCUT2D eigenvalue weighted by Gasteiger charge is -2.27. The summed E-state index contributed by atoms with van der Waals surface area (Å²) in [5, 5.41) is -6.45. The van der Waals surface area contributed by atoms with Gasteiger partial charge in [-0.2, -0.15) is 30.7 Å². The van der Waals surface area contributed by atoms with Gasteiger partial charge in [0.1, 0.15) is 6.61 Å². The summed E-state index contributed by atoms with van der Waals surface area (Å²) < 4.78 is 113. The molecule has 0 fully saturated rings. The zero-order valence-corrected chi connectivity index (χ0v) is 11.6. The van der Waals surface area contributed by atoms with Crippen LogP contribution in [0.1, 0.15) is 6.92 Å². The molecule has 0 aliphatic rings. The summed E-state index contributed by atoms with van der Waals surface area (Å²) in [5.74, 6) is -7.84. The predicted octanol–water partition coefficient (Wildman–Crippen LogP) is 1.82. The number of ether oxygens (including phenoxy) is 1. The SMILES string of the molecule is C=C(C)C(=O)OCCNS(=O)(=O)C(F)(F)C(F)(F)C(F)(F)F. The van der Waals surface area contributed by atoms with Crippen LogP contribution in [0.3, 0.4) is 0 Å². The van der Waals surface area contributed by atoms with Gasteiger partial charge in [-0.15, -0.1) is 0 Å². The first-order valence-electron chi connectivity index (χ1n) is 5.22. The molecular formula is C9H10F7NO4S. The van der Waals surface area contributed by atoms with Crippen molar-refractivity contribution in [1.82, 2.24) is 4.72 Å². The van der Waals surface area contributed by atoms with Crippen LogP contribution < -0.4 is 4.72 Å². The van der Waals surface area contributed by atoms with E-state index in [9.17, 15) is 43.9 Å². The maximum atomic E-state index is 12.9. The number of carbonyl (C=O) groups excluding carboxylic acids is 1. The van der Waals surface area contributed by atoms with Crippen molar-refractivity contribution in [2.45, 2.75) is 24.3 Å². The van der Waals surface area contributed by atoms with Gasteiger partial charge < -0.3 is 4.74 Å². The number of alkyl halides is 7. The Labute approximate surface area is 120 Å². The highest BCUT2D eigenvalue weighted by Crippen LogP contribution is 2.48. The largest absolute Gasteiger partial charge is 0.461 e. The summed E-state index contributed by atoms with van der Waals surface area (Å²) in [6.45, 7) is 2.31. The van der Waals surface area contributed by atoms with Gasteiger partial charge in [0.2, 0.25) is 0 Å². The molecule has 0 aromatic heterocycles. The smallest absolute Gasteiger partial charge is 0.461 e. The molecule has 0 bridgehead atoms. The van der Waals surface area contributed by atoms with Crippen molar-refractivity contribution in [1.29, 1.82) is 0 Å². The fraction of sp³-hybridized carbons (Fsp3) is 0.667. The van der Waals surface area contributed by atoms with E-state index >= 15 is 0 Å². The van der Waals surface area contributed by atoms with E-state index < -0.39 is 46.5 Å². The molecule has 130 valence electrons. The summed E-state index contributed by atoms with van der Waals surface area (Å²) in [4.78, 5) is 10.8. The minimum Gasteiger partial charge on any atom is -0.461 e. The predicted molar refractivity (Wildman–Crippen MR) is 58.6 cm³/mol. The second-order valence-electron chi connectivity index (χ2n) is 3.90. The summed E-state index contributed by atoms with van der Waals surface area (Å²) in [7, 11) is -6.39.